The topological polar surface area (TPSA) is 62.7 Å². The van der Waals surface area contributed by atoms with Gasteiger partial charge in [-0.05, 0) is 36.4 Å². The van der Waals surface area contributed by atoms with Crippen LogP contribution in [0.25, 0.3) is 0 Å². The maximum absolute atomic E-state index is 12.7. The molecule has 1 saturated heterocycles. The zero-order chi connectivity index (χ0) is 18.5. The molecule has 0 spiro atoms. The van der Waals surface area contributed by atoms with Gasteiger partial charge < -0.3 is 14.5 Å². The van der Waals surface area contributed by atoms with Gasteiger partial charge in [0.15, 0.2) is 0 Å². The molecule has 1 unspecified atom stereocenters. The van der Waals surface area contributed by atoms with Gasteiger partial charge in [0.25, 0.3) is 0 Å². The number of amides is 2. The molecule has 0 N–H and O–H groups in total. The molecule has 2 aromatic rings. The van der Waals surface area contributed by atoms with E-state index >= 15 is 0 Å². The van der Waals surface area contributed by atoms with Crippen LogP contribution in [0.2, 0.25) is 0 Å². The van der Waals surface area contributed by atoms with Crippen LogP contribution in [0.3, 0.4) is 0 Å². The van der Waals surface area contributed by atoms with Crippen molar-refractivity contribution in [3.05, 3.63) is 54.4 Å². The molecule has 1 aromatic carbocycles. The Morgan fingerprint density at radius 2 is 2.04 bits per heavy atom. The summed E-state index contributed by atoms with van der Waals surface area (Å²) in [7, 11) is 3.39. The summed E-state index contributed by atoms with van der Waals surface area (Å²) < 4.78 is 5.14. The van der Waals surface area contributed by atoms with Crippen LogP contribution < -0.4 is 9.64 Å². The monoisotopic (exact) mass is 353 g/mol. The van der Waals surface area contributed by atoms with Gasteiger partial charge in [0, 0.05) is 50.6 Å². The third kappa shape index (κ3) is 4.02. The first-order valence-corrected chi connectivity index (χ1v) is 8.68. The van der Waals surface area contributed by atoms with Gasteiger partial charge in [0.05, 0.1) is 13.0 Å². The van der Waals surface area contributed by atoms with Gasteiger partial charge in [-0.25, -0.2) is 0 Å². The summed E-state index contributed by atoms with van der Waals surface area (Å²) in [6, 6.07) is 13.1. The largest absolute Gasteiger partial charge is 0.497 e. The van der Waals surface area contributed by atoms with Gasteiger partial charge in [0.2, 0.25) is 11.8 Å². The van der Waals surface area contributed by atoms with E-state index in [2.05, 4.69) is 4.98 Å². The van der Waals surface area contributed by atoms with Crippen LogP contribution in [-0.2, 0) is 16.0 Å². The highest BCUT2D eigenvalue weighted by atomic mass is 16.5. The van der Waals surface area contributed by atoms with Gasteiger partial charge in [-0.3, -0.25) is 14.6 Å². The van der Waals surface area contributed by atoms with Crippen LogP contribution in [0.15, 0.2) is 48.7 Å². The van der Waals surface area contributed by atoms with Crippen molar-refractivity contribution < 1.29 is 14.3 Å². The standard InChI is InChI=1S/C20H23N3O3/c1-22(12-10-16-5-3-4-11-21-16)20(25)15-13-19(24)23(14-15)17-6-8-18(26-2)9-7-17/h3-9,11,15H,10,12-14H2,1-2H3. The highest BCUT2D eigenvalue weighted by Crippen LogP contribution is 2.27. The quantitative estimate of drug-likeness (QED) is 0.798. The number of methoxy groups -OCH3 is 1. The lowest BCUT2D eigenvalue weighted by Gasteiger charge is -2.21. The lowest BCUT2D eigenvalue weighted by Crippen LogP contribution is -2.36. The smallest absolute Gasteiger partial charge is 0.227 e. The van der Waals surface area contributed by atoms with E-state index in [1.807, 2.05) is 42.5 Å². The Hall–Kier alpha value is -2.89. The minimum Gasteiger partial charge on any atom is -0.497 e. The second-order valence-corrected chi connectivity index (χ2v) is 6.43. The van der Waals surface area contributed by atoms with E-state index in [0.717, 1.165) is 17.1 Å². The van der Waals surface area contributed by atoms with Crippen LogP contribution in [-0.4, -0.2) is 48.9 Å². The molecule has 2 heterocycles. The van der Waals surface area contributed by atoms with Crippen LogP contribution in [0.4, 0.5) is 5.69 Å². The molecule has 1 aliphatic rings. The van der Waals surface area contributed by atoms with Gasteiger partial charge in [-0.2, -0.15) is 0 Å². The van der Waals surface area contributed by atoms with Gasteiger partial charge in [0.1, 0.15) is 5.75 Å². The third-order valence-corrected chi connectivity index (χ3v) is 4.66. The second kappa shape index (κ2) is 7.99. The van der Waals surface area contributed by atoms with Crippen molar-refractivity contribution >= 4 is 17.5 Å². The number of benzene rings is 1. The Kier molecular flexibility index (Phi) is 5.51. The molecular weight excluding hydrogens is 330 g/mol. The summed E-state index contributed by atoms with van der Waals surface area (Å²) in [5.74, 6) is 0.414. The van der Waals surface area contributed by atoms with Gasteiger partial charge in [-0.15, -0.1) is 0 Å². The molecule has 136 valence electrons. The summed E-state index contributed by atoms with van der Waals surface area (Å²) in [4.78, 5) is 32.7. The van der Waals surface area contributed by atoms with Crippen LogP contribution in [0, 0.1) is 5.92 Å². The number of aromatic nitrogens is 1. The summed E-state index contributed by atoms with van der Waals surface area (Å²) in [5, 5.41) is 0. The first-order valence-electron chi connectivity index (χ1n) is 8.68. The third-order valence-electron chi connectivity index (χ3n) is 4.66. The first kappa shape index (κ1) is 17.9. The molecule has 1 aromatic heterocycles. The van der Waals surface area contributed by atoms with Crippen molar-refractivity contribution in [2.24, 2.45) is 5.92 Å². The normalized spacial score (nSPS) is 16.6. The number of ether oxygens (including phenoxy) is 1. The SMILES string of the molecule is COc1ccc(N2CC(C(=O)N(C)CCc3ccccn3)CC2=O)cc1. The number of rotatable bonds is 6. The molecule has 1 fully saturated rings. The Labute approximate surface area is 153 Å². The van der Waals surface area contributed by atoms with E-state index in [1.54, 1.807) is 30.2 Å². The number of carbonyl (C=O) groups is 2. The molecule has 26 heavy (non-hydrogen) atoms. The Bertz CT molecular complexity index is 762. The number of hydrogen-bond acceptors (Lipinski definition) is 4. The maximum Gasteiger partial charge on any atom is 0.227 e. The van der Waals surface area contributed by atoms with Gasteiger partial charge in [-0.1, -0.05) is 6.07 Å². The van der Waals surface area contributed by atoms with Gasteiger partial charge >= 0.3 is 0 Å². The summed E-state index contributed by atoms with van der Waals surface area (Å²) >= 11 is 0. The minimum atomic E-state index is -0.307. The number of carbonyl (C=O) groups excluding carboxylic acids is 2. The highest BCUT2D eigenvalue weighted by molar-refractivity contribution is 6.00. The molecule has 0 radical (unpaired) electrons. The van der Waals surface area contributed by atoms with Crippen LogP contribution in [0.1, 0.15) is 12.1 Å². The molecule has 2 amide bonds. The maximum atomic E-state index is 12.7. The number of pyridine rings is 1. The van der Waals surface area contributed by atoms with E-state index in [1.165, 1.54) is 0 Å². The van der Waals surface area contributed by atoms with Crippen molar-refractivity contribution in [3.8, 4) is 5.75 Å². The van der Waals surface area contributed by atoms with E-state index in [-0.39, 0.29) is 24.2 Å². The van der Waals surface area contributed by atoms with E-state index in [9.17, 15) is 9.59 Å². The highest BCUT2D eigenvalue weighted by Gasteiger charge is 2.36. The Balaban J connectivity index is 1.59. The molecule has 0 bridgehead atoms. The average Bonchev–Trinajstić information content (AvgIpc) is 3.08. The average molecular weight is 353 g/mol. The molecule has 3 rings (SSSR count). The first-order chi connectivity index (χ1) is 12.6. The zero-order valence-corrected chi connectivity index (χ0v) is 15.1. The predicted molar refractivity (Wildman–Crippen MR) is 99.0 cm³/mol. The molecule has 1 aliphatic heterocycles. The second-order valence-electron chi connectivity index (χ2n) is 6.43. The molecule has 0 saturated carbocycles. The summed E-state index contributed by atoms with van der Waals surface area (Å²) in [5.41, 5.74) is 1.75. The molecular formula is C20H23N3O3. The molecule has 6 nitrogen and oxygen atoms in total. The van der Waals surface area contributed by atoms with Crippen LogP contribution >= 0.6 is 0 Å². The molecule has 1 atom stereocenters. The zero-order valence-electron chi connectivity index (χ0n) is 15.1. The molecule has 0 aliphatic carbocycles. The fourth-order valence-electron chi connectivity index (χ4n) is 3.13. The lowest BCUT2D eigenvalue weighted by atomic mass is 10.1. The molecule has 6 heteroatoms. The predicted octanol–water partition coefficient (Wildman–Crippen LogP) is 2.14. The fourth-order valence-corrected chi connectivity index (χ4v) is 3.13. The van der Waals surface area contributed by atoms with Crippen LogP contribution in [0.5, 0.6) is 5.75 Å². The van der Waals surface area contributed by atoms with E-state index in [4.69, 9.17) is 4.74 Å². The van der Waals surface area contributed by atoms with Crippen molar-refractivity contribution in [1.29, 1.82) is 0 Å². The van der Waals surface area contributed by atoms with Crippen molar-refractivity contribution in [2.75, 3.05) is 32.1 Å². The number of nitrogens with zero attached hydrogens (tertiary/aromatic N) is 3. The Morgan fingerprint density at radius 1 is 1.27 bits per heavy atom. The van der Waals surface area contributed by atoms with E-state index in [0.29, 0.717) is 19.5 Å². The Morgan fingerprint density at radius 3 is 2.69 bits per heavy atom. The van der Waals surface area contributed by atoms with Crippen molar-refractivity contribution in [3.63, 3.8) is 0 Å². The number of likely N-dealkylation sites (N-methyl/N-ethyl adjacent to an activating group) is 1. The summed E-state index contributed by atoms with van der Waals surface area (Å²) in [6.07, 6.45) is 2.70. The minimum absolute atomic E-state index is 0.00490. The lowest BCUT2D eigenvalue weighted by molar-refractivity contribution is -0.134. The number of anilines is 1. The fraction of sp³-hybridized carbons (Fsp3) is 0.350. The number of hydrogen-bond donors (Lipinski definition) is 0. The van der Waals surface area contributed by atoms with E-state index < -0.39 is 0 Å². The summed E-state index contributed by atoms with van der Waals surface area (Å²) in [6.45, 7) is 1.00. The van der Waals surface area contributed by atoms with Crippen molar-refractivity contribution in [2.45, 2.75) is 12.8 Å². The van der Waals surface area contributed by atoms with Crippen molar-refractivity contribution in [1.82, 2.24) is 9.88 Å².